The number of halogens is 1. The summed E-state index contributed by atoms with van der Waals surface area (Å²) >= 11 is 5.82. The predicted molar refractivity (Wildman–Crippen MR) is 77.7 cm³/mol. The van der Waals surface area contributed by atoms with Gasteiger partial charge in [0.05, 0.1) is 17.7 Å². The largest absolute Gasteiger partial charge is 0.496 e. The Labute approximate surface area is 118 Å². The summed E-state index contributed by atoms with van der Waals surface area (Å²) in [5.74, 6) is 1.43. The second kappa shape index (κ2) is 5.17. The van der Waals surface area contributed by atoms with Crippen molar-refractivity contribution in [3.05, 3.63) is 41.2 Å². The van der Waals surface area contributed by atoms with E-state index in [9.17, 15) is 0 Å². The van der Waals surface area contributed by atoms with E-state index < -0.39 is 0 Å². The zero-order valence-electron chi connectivity index (χ0n) is 11.6. The molecule has 0 bridgehead atoms. The number of aromatic nitrogens is 2. The van der Waals surface area contributed by atoms with Gasteiger partial charge in [-0.1, -0.05) is 44.5 Å². The monoisotopic (exact) mass is 276 g/mol. The van der Waals surface area contributed by atoms with Gasteiger partial charge in [0, 0.05) is 18.0 Å². The highest BCUT2D eigenvalue weighted by Crippen LogP contribution is 2.37. The van der Waals surface area contributed by atoms with Crippen LogP contribution in [0, 0.1) is 0 Å². The van der Waals surface area contributed by atoms with E-state index in [0.29, 0.717) is 10.8 Å². The van der Waals surface area contributed by atoms with Crippen LogP contribution in [0.15, 0.2) is 30.6 Å². The number of para-hydroxylation sites is 1. The topological polar surface area (TPSA) is 35.0 Å². The van der Waals surface area contributed by atoms with Gasteiger partial charge in [-0.15, -0.1) is 0 Å². The number of benzene rings is 1. The van der Waals surface area contributed by atoms with Crippen LogP contribution in [0.3, 0.4) is 0 Å². The molecule has 1 heterocycles. The molecule has 0 aliphatic heterocycles. The van der Waals surface area contributed by atoms with Crippen molar-refractivity contribution in [2.75, 3.05) is 7.11 Å². The Hall–Kier alpha value is -1.61. The molecule has 1 aromatic carbocycles. The molecule has 0 amide bonds. The molecule has 1 aromatic heterocycles. The fraction of sp³-hybridized carbons (Fsp3) is 0.333. The number of nitrogens with zero attached hydrogens (tertiary/aromatic N) is 2. The van der Waals surface area contributed by atoms with E-state index in [2.05, 4.69) is 36.8 Å². The van der Waals surface area contributed by atoms with Crippen LogP contribution in [0.4, 0.5) is 0 Å². The maximum atomic E-state index is 5.82. The second-order valence-corrected chi connectivity index (χ2v) is 5.80. The zero-order chi connectivity index (χ0) is 14.0. The number of methoxy groups -OCH3 is 1. The molecule has 3 nitrogen and oxygen atoms in total. The maximum Gasteiger partial charge on any atom is 0.162 e. The molecule has 0 aliphatic carbocycles. The lowest BCUT2D eigenvalue weighted by atomic mass is 9.85. The van der Waals surface area contributed by atoms with Gasteiger partial charge in [0.15, 0.2) is 5.82 Å². The SMILES string of the molecule is COc1c(-c2ncc(Cl)cn2)cccc1C(C)(C)C. The van der Waals surface area contributed by atoms with Crippen LogP contribution in [0.5, 0.6) is 5.75 Å². The lowest BCUT2D eigenvalue weighted by Gasteiger charge is -2.23. The highest BCUT2D eigenvalue weighted by atomic mass is 35.5. The van der Waals surface area contributed by atoms with Gasteiger partial charge in [-0.2, -0.15) is 0 Å². The summed E-state index contributed by atoms with van der Waals surface area (Å²) in [6, 6.07) is 6.02. The first-order chi connectivity index (χ1) is 8.93. The third-order valence-electron chi connectivity index (χ3n) is 2.89. The first kappa shape index (κ1) is 13.8. The lowest BCUT2D eigenvalue weighted by Crippen LogP contribution is -2.13. The Balaban J connectivity index is 2.61. The van der Waals surface area contributed by atoms with Gasteiger partial charge in [0.25, 0.3) is 0 Å². The Morgan fingerprint density at radius 1 is 1.11 bits per heavy atom. The van der Waals surface area contributed by atoms with Crippen molar-refractivity contribution in [3.8, 4) is 17.1 Å². The number of hydrogen-bond donors (Lipinski definition) is 0. The Morgan fingerprint density at radius 3 is 2.26 bits per heavy atom. The molecule has 0 radical (unpaired) electrons. The molecular formula is C15H17ClN2O. The van der Waals surface area contributed by atoms with Gasteiger partial charge in [0.2, 0.25) is 0 Å². The van der Waals surface area contributed by atoms with Gasteiger partial charge >= 0.3 is 0 Å². The van der Waals surface area contributed by atoms with Crippen molar-refractivity contribution in [3.63, 3.8) is 0 Å². The molecule has 0 N–H and O–H groups in total. The van der Waals surface area contributed by atoms with Crippen LogP contribution in [-0.4, -0.2) is 17.1 Å². The van der Waals surface area contributed by atoms with Crippen LogP contribution in [0.2, 0.25) is 5.02 Å². The van der Waals surface area contributed by atoms with Crippen LogP contribution < -0.4 is 4.74 Å². The highest BCUT2D eigenvalue weighted by molar-refractivity contribution is 6.30. The van der Waals surface area contributed by atoms with Gasteiger partial charge in [-0.3, -0.25) is 0 Å². The van der Waals surface area contributed by atoms with Crippen molar-refractivity contribution in [2.45, 2.75) is 26.2 Å². The van der Waals surface area contributed by atoms with Gasteiger partial charge in [-0.05, 0) is 11.5 Å². The van der Waals surface area contributed by atoms with Crippen LogP contribution in [0.1, 0.15) is 26.3 Å². The molecule has 0 atom stereocenters. The summed E-state index contributed by atoms with van der Waals surface area (Å²) in [4.78, 5) is 8.51. The summed E-state index contributed by atoms with van der Waals surface area (Å²) < 4.78 is 5.57. The zero-order valence-corrected chi connectivity index (χ0v) is 12.3. The van der Waals surface area contributed by atoms with Crippen molar-refractivity contribution < 1.29 is 4.74 Å². The van der Waals surface area contributed by atoms with E-state index in [4.69, 9.17) is 16.3 Å². The standard InChI is InChI=1S/C15H17ClN2O/c1-15(2,3)12-7-5-6-11(13(12)19-4)14-17-8-10(16)9-18-14/h5-9H,1-4H3. The third-order valence-corrected chi connectivity index (χ3v) is 3.08. The molecule has 2 aromatic rings. The lowest BCUT2D eigenvalue weighted by molar-refractivity contribution is 0.399. The van der Waals surface area contributed by atoms with E-state index in [0.717, 1.165) is 16.9 Å². The molecule has 4 heteroatoms. The Morgan fingerprint density at radius 2 is 1.74 bits per heavy atom. The third kappa shape index (κ3) is 2.87. The molecule has 100 valence electrons. The summed E-state index contributed by atoms with van der Waals surface area (Å²) in [7, 11) is 1.67. The first-order valence-electron chi connectivity index (χ1n) is 6.09. The summed E-state index contributed by atoms with van der Waals surface area (Å²) in [6.45, 7) is 6.45. The maximum absolute atomic E-state index is 5.82. The van der Waals surface area contributed by atoms with Gasteiger partial charge in [0.1, 0.15) is 5.75 Å². The highest BCUT2D eigenvalue weighted by Gasteiger charge is 2.22. The predicted octanol–water partition coefficient (Wildman–Crippen LogP) is 4.10. The first-order valence-corrected chi connectivity index (χ1v) is 6.46. The van der Waals surface area contributed by atoms with E-state index >= 15 is 0 Å². The molecule has 19 heavy (non-hydrogen) atoms. The number of ether oxygens (including phenoxy) is 1. The normalized spacial score (nSPS) is 11.4. The summed E-state index contributed by atoms with van der Waals surface area (Å²) in [6.07, 6.45) is 3.18. The molecule has 0 fully saturated rings. The Kier molecular flexibility index (Phi) is 3.76. The van der Waals surface area contributed by atoms with Crippen molar-refractivity contribution in [2.24, 2.45) is 0 Å². The molecule has 0 saturated heterocycles. The van der Waals surface area contributed by atoms with Gasteiger partial charge < -0.3 is 4.74 Å². The fourth-order valence-corrected chi connectivity index (χ4v) is 2.07. The van der Waals surface area contributed by atoms with E-state index in [1.807, 2.05) is 12.1 Å². The molecule has 0 spiro atoms. The van der Waals surface area contributed by atoms with Crippen molar-refractivity contribution >= 4 is 11.6 Å². The van der Waals surface area contributed by atoms with E-state index in [1.165, 1.54) is 0 Å². The quantitative estimate of drug-likeness (QED) is 0.828. The van der Waals surface area contributed by atoms with Crippen molar-refractivity contribution in [1.29, 1.82) is 0 Å². The minimum Gasteiger partial charge on any atom is -0.496 e. The van der Waals surface area contributed by atoms with Crippen LogP contribution in [-0.2, 0) is 5.41 Å². The summed E-state index contributed by atoms with van der Waals surface area (Å²) in [5, 5.41) is 0.523. The average molecular weight is 277 g/mol. The summed E-state index contributed by atoms with van der Waals surface area (Å²) in [5.41, 5.74) is 2.01. The van der Waals surface area contributed by atoms with Crippen LogP contribution in [0.25, 0.3) is 11.4 Å². The Bertz CT molecular complexity index is 574. The van der Waals surface area contributed by atoms with E-state index in [-0.39, 0.29) is 5.41 Å². The molecule has 0 saturated carbocycles. The minimum atomic E-state index is -0.00617. The van der Waals surface area contributed by atoms with Gasteiger partial charge in [-0.25, -0.2) is 9.97 Å². The molecular weight excluding hydrogens is 260 g/mol. The van der Waals surface area contributed by atoms with E-state index in [1.54, 1.807) is 19.5 Å². The number of hydrogen-bond acceptors (Lipinski definition) is 3. The van der Waals surface area contributed by atoms with Crippen molar-refractivity contribution in [1.82, 2.24) is 9.97 Å². The number of rotatable bonds is 2. The molecule has 2 rings (SSSR count). The molecule has 0 unspecified atom stereocenters. The smallest absolute Gasteiger partial charge is 0.162 e. The fourth-order valence-electron chi connectivity index (χ4n) is 1.97. The minimum absolute atomic E-state index is 0.00617. The van der Waals surface area contributed by atoms with Crippen LogP contribution >= 0.6 is 11.6 Å². The second-order valence-electron chi connectivity index (χ2n) is 5.36. The molecule has 0 aliphatic rings. The average Bonchev–Trinajstić information content (AvgIpc) is 2.37.